The lowest BCUT2D eigenvalue weighted by Crippen LogP contribution is -2.34. The van der Waals surface area contributed by atoms with Gasteiger partial charge in [0, 0.05) is 6.61 Å². The Balaban J connectivity index is 1.72. The lowest BCUT2D eigenvalue weighted by atomic mass is 9.68. The average Bonchev–Trinajstić information content (AvgIpc) is 2.48. The Labute approximate surface area is 126 Å². The third kappa shape index (κ3) is 4.48. The van der Waals surface area contributed by atoms with E-state index in [4.69, 9.17) is 4.74 Å². The maximum absolute atomic E-state index is 5.89. The quantitative estimate of drug-likeness (QED) is 0.595. The van der Waals surface area contributed by atoms with Crippen molar-refractivity contribution in [3.8, 4) is 0 Å². The zero-order valence-electron chi connectivity index (χ0n) is 14.1. The van der Waals surface area contributed by atoms with Crippen LogP contribution in [-0.4, -0.2) is 12.7 Å². The van der Waals surface area contributed by atoms with Gasteiger partial charge in [-0.05, 0) is 62.7 Å². The largest absolute Gasteiger partial charge is 0.378 e. The highest BCUT2D eigenvalue weighted by atomic mass is 16.5. The molecule has 0 radical (unpaired) electrons. The monoisotopic (exact) mass is 280 g/mol. The van der Waals surface area contributed by atoms with E-state index in [0.717, 1.165) is 30.3 Å². The Morgan fingerprint density at radius 2 is 1.60 bits per heavy atom. The molecule has 2 aliphatic rings. The molecule has 0 aromatic carbocycles. The second-order valence-electron chi connectivity index (χ2n) is 7.47. The smallest absolute Gasteiger partial charge is 0.0600 e. The van der Waals surface area contributed by atoms with E-state index in [1.165, 1.54) is 64.2 Å². The molecule has 1 nitrogen and oxygen atoms in total. The van der Waals surface area contributed by atoms with E-state index in [1.54, 1.807) is 0 Å². The van der Waals surface area contributed by atoms with Crippen molar-refractivity contribution in [2.24, 2.45) is 23.7 Å². The fraction of sp³-hybridized carbons (Fsp3) is 1.00. The van der Waals surface area contributed by atoms with Gasteiger partial charge in [-0.15, -0.1) is 0 Å². The summed E-state index contributed by atoms with van der Waals surface area (Å²) in [4.78, 5) is 0. The summed E-state index contributed by atoms with van der Waals surface area (Å²) >= 11 is 0. The van der Waals surface area contributed by atoms with Crippen LogP contribution in [0.5, 0.6) is 0 Å². The van der Waals surface area contributed by atoms with Gasteiger partial charge in [-0.3, -0.25) is 0 Å². The lowest BCUT2D eigenvalue weighted by molar-refractivity contribution is -0.0223. The second-order valence-corrected chi connectivity index (χ2v) is 7.47. The maximum Gasteiger partial charge on any atom is 0.0600 e. The van der Waals surface area contributed by atoms with Crippen molar-refractivity contribution < 1.29 is 4.74 Å². The first-order valence-corrected chi connectivity index (χ1v) is 9.36. The van der Waals surface area contributed by atoms with Crippen LogP contribution in [0.15, 0.2) is 0 Å². The zero-order valence-corrected chi connectivity index (χ0v) is 14.1. The first-order chi connectivity index (χ1) is 9.74. The van der Waals surface area contributed by atoms with E-state index in [-0.39, 0.29) is 0 Å². The summed E-state index contributed by atoms with van der Waals surface area (Å²) in [5, 5.41) is 0. The highest BCUT2D eigenvalue weighted by molar-refractivity contribution is 4.85. The van der Waals surface area contributed by atoms with Crippen LogP contribution in [0, 0.1) is 23.7 Å². The Bertz CT molecular complexity index is 254. The number of ether oxygens (including phenoxy) is 1. The zero-order chi connectivity index (χ0) is 14.4. The van der Waals surface area contributed by atoms with E-state index in [2.05, 4.69) is 20.8 Å². The van der Waals surface area contributed by atoms with Gasteiger partial charge in [0.25, 0.3) is 0 Å². The summed E-state index contributed by atoms with van der Waals surface area (Å²) in [5.41, 5.74) is 0. The minimum atomic E-state index is 0.553. The van der Waals surface area contributed by atoms with E-state index in [9.17, 15) is 0 Å². The van der Waals surface area contributed by atoms with Gasteiger partial charge in [0.2, 0.25) is 0 Å². The Morgan fingerprint density at radius 1 is 0.900 bits per heavy atom. The van der Waals surface area contributed by atoms with Crippen molar-refractivity contribution >= 4 is 0 Å². The van der Waals surface area contributed by atoms with E-state index < -0.39 is 0 Å². The molecule has 0 bridgehead atoms. The molecule has 1 heteroatoms. The van der Waals surface area contributed by atoms with Crippen LogP contribution >= 0.6 is 0 Å². The number of hydrogen-bond donors (Lipinski definition) is 0. The first-order valence-electron chi connectivity index (χ1n) is 9.36. The molecule has 2 aliphatic carbocycles. The predicted octanol–water partition coefficient (Wildman–Crippen LogP) is 5.82. The van der Waals surface area contributed by atoms with Crippen LogP contribution in [0.1, 0.15) is 85.0 Å². The van der Waals surface area contributed by atoms with Crippen molar-refractivity contribution in [3.05, 3.63) is 0 Å². The third-order valence-corrected chi connectivity index (χ3v) is 6.04. The summed E-state index contributed by atoms with van der Waals surface area (Å²) < 4.78 is 5.89. The second kappa shape index (κ2) is 8.41. The summed E-state index contributed by atoms with van der Waals surface area (Å²) in [6.45, 7) is 7.77. The number of unbranched alkanes of at least 4 members (excludes halogenated alkanes) is 1. The molecule has 0 spiro atoms. The molecule has 3 atom stereocenters. The minimum Gasteiger partial charge on any atom is -0.378 e. The van der Waals surface area contributed by atoms with Gasteiger partial charge in [-0.1, -0.05) is 46.0 Å². The molecule has 118 valence electrons. The molecular formula is C19H36O. The lowest BCUT2D eigenvalue weighted by Gasteiger charge is -2.40. The van der Waals surface area contributed by atoms with Gasteiger partial charge in [0.05, 0.1) is 6.10 Å². The van der Waals surface area contributed by atoms with Crippen molar-refractivity contribution in [1.82, 2.24) is 0 Å². The molecule has 0 aromatic heterocycles. The van der Waals surface area contributed by atoms with Crippen LogP contribution < -0.4 is 0 Å². The summed E-state index contributed by atoms with van der Waals surface area (Å²) in [5.74, 6) is 3.89. The van der Waals surface area contributed by atoms with Gasteiger partial charge in [0.1, 0.15) is 0 Å². The minimum absolute atomic E-state index is 0.553. The van der Waals surface area contributed by atoms with E-state index in [1.807, 2.05) is 0 Å². The molecule has 0 aromatic rings. The molecule has 2 fully saturated rings. The number of hydrogen-bond acceptors (Lipinski definition) is 1. The highest BCUT2D eigenvalue weighted by Crippen LogP contribution is 2.43. The highest BCUT2D eigenvalue weighted by Gasteiger charge is 2.34. The van der Waals surface area contributed by atoms with Gasteiger partial charge < -0.3 is 4.74 Å². The Hall–Kier alpha value is -0.0400. The standard InChI is InChI=1S/C19H36O/c1-4-6-7-16-8-10-17(11-9-16)18-12-13-19(20-5-2)15(3)14-18/h15-19H,4-14H2,1-3H3/t15?,16-,17-,18?,19?. The molecule has 0 aliphatic heterocycles. The summed E-state index contributed by atoms with van der Waals surface area (Å²) in [6.07, 6.45) is 15.1. The molecule has 0 amide bonds. The van der Waals surface area contributed by atoms with Gasteiger partial charge in [-0.25, -0.2) is 0 Å². The Morgan fingerprint density at radius 3 is 2.20 bits per heavy atom. The molecule has 20 heavy (non-hydrogen) atoms. The van der Waals surface area contributed by atoms with Crippen molar-refractivity contribution in [1.29, 1.82) is 0 Å². The van der Waals surface area contributed by atoms with E-state index >= 15 is 0 Å². The van der Waals surface area contributed by atoms with Crippen molar-refractivity contribution in [2.45, 2.75) is 91.1 Å². The SMILES string of the molecule is CCCC[C@H]1CC[C@H](C2CCC(OCC)C(C)C2)CC1. The molecule has 2 rings (SSSR count). The third-order valence-electron chi connectivity index (χ3n) is 6.04. The maximum atomic E-state index is 5.89. The fourth-order valence-electron chi connectivity index (χ4n) is 4.74. The van der Waals surface area contributed by atoms with Crippen molar-refractivity contribution in [2.75, 3.05) is 6.61 Å². The van der Waals surface area contributed by atoms with Crippen LogP contribution in [0.25, 0.3) is 0 Å². The van der Waals surface area contributed by atoms with Crippen LogP contribution in [0.3, 0.4) is 0 Å². The first kappa shape index (κ1) is 16.3. The summed E-state index contributed by atoms with van der Waals surface area (Å²) in [6, 6.07) is 0. The molecule has 0 N–H and O–H groups in total. The predicted molar refractivity (Wildman–Crippen MR) is 86.9 cm³/mol. The Kier molecular flexibility index (Phi) is 6.87. The van der Waals surface area contributed by atoms with Crippen LogP contribution in [-0.2, 0) is 4.74 Å². The molecular weight excluding hydrogens is 244 g/mol. The molecule has 3 unspecified atom stereocenters. The van der Waals surface area contributed by atoms with Gasteiger partial charge in [0.15, 0.2) is 0 Å². The molecule has 0 heterocycles. The topological polar surface area (TPSA) is 9.23 Å². The normalized spacial score (nSPS) is 38.9. The average molecular weight is 280 g/mol. The number of rotatable bonds is 6. The van der Waals surface area contributed by atoms with Crippen LogP contribution in [0.4, 0.5) is 0 Å². The van der Waals surface area contributed by atoms with Crippen molar-refractivity contribution in [3.63, 3.8) is 0 Å². The van der Waals surface area contributed by atoms with E-state index in [0.29, 0.717) is 6.10 Å². The molecule has 0 saturated heterocycles. The summed E-state index contributed by atoms with van der Waals surface area (Å²) in [7, 11) is 0. The van der Waals surface area contributed by atoms with Crippen LogP contribution in [0.2, 0.25) is 0 Å². The fourth-order valence-corrected chi connectivity index (χ4v) is 4.74. The van der Waals surface area contributed by atoms with Gasteiger partial charge in [-0.2, -0.15) is 0 Å². The molecule has 2 saturated carbocycles. The van der Waals surface area contributed by atoms with Gasteiger partial charge >= 0.3 is 0 Å².